The van der Waals surface area contributed by atoms with Gasteiger partial charge in [0.15, 0.2) is 0 Å². The highest BCUT2D eigenvalue weighted by Gasteiger charge is 2.35. The number of anilines is 1. The Balaban J connectivity index is 1.74. The minimum Gasteiger partial charge on any atom is -0.494 e. The first-order valence-corrected chi connectivity index (χ1v) is 17.7. The van der Waals surface area contributed by atoms with Crippen LogP contribution in [0.25, 0.3) is 0 Å². The molecule has 1 aliphatic carbocycles. The number of hydrogen-bond acceptors (Lipinski definition) is 5. The molecule has 2 amide bonds. The summed E-state index contributed by atoms with van der Waals surface area (Å²) in [6.45, 7) is 3.42. The zero-order chi connectivity index (χ0) is 32.6. The number of nitrogens with zero attached hydrogens (tertiary/aromatic N) is 2. The molecular weight excluding hydrogens is 657 g/mol. The van der Waals surface area contributed by atoms with Crippen molar-refractivity contribution in [2.45, 2.75) is 75.9 Å². The third-order valence-corrected chi connectivity index (χ3v) is 10.6. The average Bonchev–Trinajstić information content (AvgIpc) is 3.02. The molecule has 0 bridgehead atoms. The van der Waals surface area contributed by atoms with Crippen LogP contribution in [0.3, 0.4) is 0 Å². The van der Waals surface area contributed by atoms with Crippen molar-refractivity contribution in [3.05, 3.63) is 87.4 Å². The second kappa shape index (κ2) is 16.0. The number of sulfonamides is 1. The predicted molar refractivity (Wildman–Crippen MR) is 180 cm³/mol. The van der Waals surface area contributed by atoms with Crippen molar-refractivity contribution < 1.29 is 22.7 Å². The minimum absolute atomic E-state index is 0.0202. The van der Waals surface area contributed by atoms with Gasteiger partial charge in [0.05, 0.1) is 17.2 Å². The van der Waals surface area contributed by atoms with Crippen molar-refractivity contribution in [3.63, 3.8) is 0 Å². The molecule has 1 unspecified atom stereocenters. The lowest BCUT2D eigenvalue weighted by molar-refractivity contribution is -0.140. The van der Waals surface area contributed by atoms with E-state index in [1.807, 2.05) is 13.8 Å². The number of ether oxygens (including phenoxy) is 1. The van der Waals surface area contributed by atoms with Crippen molar-refractivity contribution >= 4 is 62.3 Å². The van der Waals surface area contributed by atoms with Gasteiger partial charge in [-0.15, -0.1) is 0 Å². The number of amides is 2. The van der Waals surface area contributed by atoms with Crippen LogP contribution in [0.5, 0.6) is 5.75 Å². The number of carbonyl (C=O) groups is 2. The molecule has 3 aromatic carbocycles. The summed E-state index contributed by atoms with van der Waals surface area (Å²) in [7, 11) is -4.26. The van der Waals surface area contributed by atoms with Crippen molar-refractivity contribution in [2.75, 3.05) is 17.5 Å². The molecule has 1 saturated carbocycles. The fourth-order valence-electron chi connectivity index (χ4n) is 5.46. The molecule has 242 valence electrons. The molecule has 0 radical (unpaired) electrons. The molecule has 45 heavy (non-hydrogen) atoms. The second-order valence-electron chi connectivity index (χ2n) is 10.9. The van der Waals surface area contributed by atoms with Crippen molar-refractivity contribution in [2.24, 2.45) is 0 Å². The van der Waals surface area contributed by atoms with Crippen LogP contribution in [-0.2, 0) is 26.2 Å². The molecule has 1 fully saturated rings. The summed E-state index contributed by atoms with van der Waals surface area (Å²) in [5.41, 5.74) is 0.712. The van der Waals surface area contributed by atoms with Crippen LogP contribution in [0.4, 0.5) is 5.69 Å². The Bertz CT molecular complexity index is 1540. The number of carbonyl (C=O) groups excluding carboxylic acids is 2. The van der Waals surface area contributed by atoms with Gasteiger partial charge in [0.2, 0.25) is 11.8 Å². The Morgan fingerprint density at radius 1 is 0.911 bits per heavy atom. The molecule has 1 aliphatic rings. The first-order chi connectivity index (χ1) is 21.5. The smallest absolute Gasteiger partial charge is 0.264 e. The van der Waals surface area contributed by atoms with Crippen LogP contribution in [0, 0.1) is 0 Å². The molecule has 3 aromatic rings. The maximum absolute atomic E-state index is 14.4. The fraction of sp³-hybridized carbons (Fsp3) is 0.394. The summed E-state index contributed by atoms with van der Waals surface area (Å²) in [5.74, 6) is -0.339. The average molecular weight is 695 g/mol. The van der Waals surface area contributed by atoms with Gasteiger partial charge in [-0.1, -0.05) is 67.1 Å². The van der Waals surface area contributed by atoms with E-state index < -0.39 is 28.5 Å². The molecule has 8 nitrogen and oxygen atoms in total. The zero-order valence-corrected chi connectivity index (χ0v) is 28.4. The normalized spacial score (nSPS) is 14.4. The van der Waals surface area contributed by atoms with E-state index in [2.05, 4.69) is 5.32 Å². The maximum Gasteiger partial charge on any atom is 0.264 e. The topological polar surface area (TPSA) is 96.0 Å². The molecule has 0 spiro atoms. The van der Waals surface area contributed by atoms with Gasteiger partial charge in [0, 0.05) is 33.2 Å². The van der Waals surface area contributed by atoms with Crippen molar-refractivity contribution in [1.29, 1.82) is 0 Å². The largest absolute Gasteiger partial charge is 0.494 e. The molecule has 0 saturated heterocycles. The van der Waals surface area contributed by atoms with Crippen LogP contribution >= 0.6 is 34.8 Å². The SMILES string of the molecule is CCOc1ccc(N(CC(=O)N(Cc2c(Cl)cccc2Cl)C(CC)C(=O)NC2CCCCC2)S(=O)(=O)c2ccc(Cl)cc2)cc1. The lowest BCUT2D eigenvalue weighted by atomic mass is 9.95. The van der Waals surface area contributed by atoms with E-state index in [9.17, 15) is 18.0 Å². The molecule has 1 N–H and O–H groups in total. The highest BCUT2D eigenvalue weighted by Crippen LogP contribution is 2.30. The molecule has 12 heteroatoms. The monoisotopic (exact) mass is 693 g/mol. The lowest BCUT2D eigenvalue weighted by Crippen LogP contribution is -2.54. The molecule has 0 aliphatic heterocycles. The van der Waals surface area contributed by atoms with E-state index in [-0.39, 0.29) is 29.1 Å². The summed E-state index contributed by atoms with van der Waals surface area (Å²) in [5, 5.41) is 4.16. The Morgan fingerprint density at radius 3 is 2.11 bits per heavy atom. The first-order valence-electron chi connectivity index (χ1n) is 15.1. The van der Waals surface area contributed by atoms with Crippen LogP contribution in [0.15, 0.2) is 71.6 Å². The molecule has 4 rings (SSSR count). The highest BCUT2D eigenvalue weighted by atomic mass is 35.5. The van der Waals surface area contributed by atoms with Gasteiger partial charge in [-0.3, -0.25) is 13.9 Å². The van der Waals surface area contributed by atoms with Gasteiger partial charge >= 0.3 is 0 Å². The van der Waals surface area contributed by atoms with Crippen LogP contribution in [-0.4, -0.2) is 50.4 Å². The van der Waals surface area contributed by atoms with E-state index in [1.54, 1.807) is 42.5 Å². The molecule has 1 atom stereocenters. The molecular formula is C33H38Cl3N3O5S. The van der Waals surface area contributed by atoms with Gasteiger partial charge in [-0.05, 0) is 86.8 Å². The summed E-state index contributed by atoms with van der Waals surface area (Å²) >= 11 is 19.1. The first kappa shape index (κ1) is 34.9. The van der Waals surface area contributed by atoms with Gasteiger partial charge in [-0.2, -0.15) is 0 Å². The second-order valence-corrected chi connectivity index (χ2v) is 14.0. The number of benzene rings is 3. The number of rotatable bonds is 13. The van der Waals surface area contributed by atoms with E-state index >= 15 is 0 Å². The highest BCUT2D eigenvalue weighted by molar-refractivity contribution is 7.92. The fourth-order valence-corrected chi connectivity index (χ4v) is 7.51. The Hall–Kier alpha value is -2.98. The number of halogens is 3. The van der Waals surface area contributed by atoms with Crippen LogP contribution in [0.1, 0.15) is 57.9 Å². The zero-order valence-electron chi connectivity index (χ0n) is 25.3. The van der Waals surface area contributed by atoms with E-state index in [0.29, 0.717) is 39.4 Å². The third-order valence-electron chi connectivity index (χ3n) is 7.84. The van der Waals surface area contributed by atoms with Gasteiger partial charge in [0.1, 0.15) is 18.3 Å². The van der Waals surface area contributed by atoms with Gasteiger partial charge < -0.3 is 15.0 Å². The number of nitrogens with one attached hydrogen (secondary N) is 1. The Labute approximate surface area is 280 Å². The summed E-state index contributed by atoms with van der Waals surface area (Å²) in [6.07, 6.45) is 5.22. The summed E-state index contributed by atoms with van der Waals surface area (Å²) in [6, 6.07) is 16.3. The molecule has 0 aromatic heterocycles. The summed E-state index contributed by atoms with van der Waals surface area (Å²) < 4.78 is 34.7. The van der Waals surface area contributed by atoms with Gasteiger partial charge in [0.25, 0.3) is 10.0 Å². The molecule has 0 heterocycles. The minimum atomic E-state index is -4.26. The van der Waals surface area contributed by atoms with E-state index in [4.69, 9.17) is 39.5 Å². The van der Waals surface area contributed by atoms with Gasteiger partial charge in [-0.25, -0.2) is 8.42 Å². The Morgan fingerprint density at radius 2 is 1.53 bits per heavy atom. The standard InChI is InChI=1S/C33H38Cl3N3O5S/c1-3-31(33(41)37-24-9-6-5-7-10-24)38(21-28-29(35)11-8-12-30(28)36)32(40)22-39(25-15-17-26(18-16-25)44-4-2)45(42,43)27-19-13-23(34)14-20-27/h8,11-20,24,31H,3-7,9-10,21-22H2,1-2H3,(H,37,41). The van der Waals surface area contributed by atoms with Crippen molar-refractivity contribution in [1.82, 2.24) is 10.2 Å². The van der Waals surface area contributed by atoms with E-state index in [1.165, 1.54) is 29.2 Å². The lowest BCUT2D eigenvalue weighted by Gasteiger charge is -2.34. The quantitative estimate of drug-likeness (QED) is 0.200. The van der Waals surface area contributed by atoms with Crippen LogP contribution in [0.2, 0.25) is 15.1 Å². The van der Waals surface area contributed by atoms with Crippen molar-refractivity contribution in [3.8, 4) is 5.75 Å². The van der Waals surface area contributed by atoms with Crippen LogP contribution < -0.4 is 14.4 Å². The summed E-state index contributed by atoms with van der Waals surface area (Å²) in [4.78, 5) is 29.4. The maximum atomic E-state index is 14.4. The third kappa shape index (κ3) is 8.85. The predicted octanol–water partition coefficient (Wildman–Crippen LogP) is 7.50. The number of hydrogen-bond donors (Lipinski definition) is 1. The Kier molecular flexibility index (Phi) is 12.4. The van der Waals surface area contributed by atoms with E-state index in [0.717, 1.165) is 36.4 Å².